The lowest BCUT2D eigenvalue weighted by Crippen LogP contribution is -2.19. The summed E-state index contributed by atoms with van der Waals surface area (Å²) in [7, 11) is 1.68. The van der Waals surface area contributed by atoms with Crippen molar-refractivity contribution in [2.75, 3.05) is 7.11 Å². The minimum Gasteiger partial charge on any atom is -0.496 e. The third-order valence-corrected chi connectivity index (χ3v) is 2.76. The van der Waals surface area contributed by atoms with Gasteiger partial charge in [0.05, 0.1) is 7.11 Å². The van der Waals surface area contributed by atoms with Crippen molar-refractivity contribution < 1.29 is 4.74 Å². The Morgan fingerprint density at radius 3 is 2.57 bits per heavy atom. The monoisotopic (exact) mass is 193 g/mol. The van der Waals surface area contributed by atoms with Crippen LogP contribution in [0.15, 0.2) is 24.3 Å². The molecule has 0 aromatic heterocycles. The molecule has 2 atom stereocenters. The second-order valence-electron chi connectivity index (χ2n) is 3.65. The van der Waals surface area contributed by atoms with Crippen LogP contribution < -0.4 is 10.5 Å². The van der Waals surface area contributed by atoms with Gasteiger partial charge in [0, 0.05) is 11.6 Å². The lowest BCUT2D eigenvalue weighted by Gasteiger charge is -2.20. The Morgan fingerprint density at radius 1 is 1.36 bits per heavy atom. The van der Waals surface area contributed by atoms with Crippen LogP contribution in [-0.2, 0) is 0 Å². The van der Waals surface area contributed by atoms with Gasteiger partial charge in [-0.15, -0.1) is 0 Å². The molecule has 0 saturated carbocycles. The molecule has 0 spiro atoms. The molecule has 0 bridgehead atoms. The number of benzene rings is 1. The molecule has 0 heterocycles. The molecule has 78 valence electrons. The Balaban J connectivity index is 2.93. The molecule has 0 aliphatic heterocycles. The Morgan fingerprint density at radius 2 is 2.00 bits per heavy atom. The van der Waals surface area contributed by atoms with Crippen molar-refractivity contribution in [3.63, 3.8) is 0 Å². The van der Waals surface area contributed by atoms with Crippen LogP contribution in [0, 0.1) is 5.92 Å². The van der Waals surface area contributed by atoms with E-state index in [9.17, 15) is 0 Å². The van der Waals surface area contributed by atoms with E-state index < -0.39 is 0 Å². The molecule has 2 N–H and O–H groups in total. The third kappa shape index (κ3) is 2.26. The molecule has 1 rings (SSSR count). The number of rotatable bonds is 4. The summed E-state index contributed by atoms with van der Waals surface area (Å²) in [5.74, 6) is 1.37. The van der Waals surface area contributed by atoms with Crippen molar-refractivity contribution in [2.24, 2.45) is 11.7 Å². The van der Waals surface area contributed by atoms with Gasteiger partial charge in [0.25, 0.3) is 0 Å². The number of hydrogen-bond acceptors (Lipinski definition) is 2. The standard InChI is InChI=1S/C12H19NO/c1-4-9(2)12(13)10-7-5-6-8-11(10)14-3/h5-9,12H,4,13H2,1-3H3/t9?,12-/m0/s1. The van der Waals surface area contributed by atoms with E-state index in [0.29, 0.717) is 5.92 Å². The van der Waals surface area contributed by atoms with E-state index in [0.717, 1.165) is 17.7 Å². The Kier molecular flexibility index (Phi) is 3.96. The van der Waals surface area contributed by atoms with Crippen molar-refractivity contribution in [3.05, 3.63) is 29.8 Å². The molecule has 0 amide bonds. The number of ether oxygens (including phenoxy) is 1. The second kappa shape index (κ2) is 5.01. The number of methoxy groups -OCH3 is 1. The van der Waals surface area contributed by atoms with Crippen LogP contribution in [0.25, 0.3) is 0 Å². The minimum absolute atomic E-state index is 0.0659. The Hall–Kier alpha value is -1.02. The van der Waals surface area contributed by atoms with Gasteiger partial charge >= 0.3 is 0 Å². The van der Waals surface area contributed by atoms with Crippen molar-refractivity contribution >= 4 is 0 Å². The van der Waals surface area contributed by atoms with Gasteiger partial charge in [0.1, 0.15) is 5.75 Å². The van der Waals surface area contributed by atoms with Crippen LogP contribution in [0.3, 0.4) is 0 Å². The predicted octanol–water partition coefficient (Wildman–Crippen LogP) is 2.74. The maximum Gasteiger partial charge on any atom is 0.123 e. The van der Waals surface area contributed by atoms with Gasteiger partial charge in [-0.3, -0.25) is 0 Å². The Labute approximate surface area is 86.1 Å². The Bertz CT molecular complexity index is 285. The van der Waals surface area contributed by atoms with Gasteiger partial charge in [0.15, 0.2) is 0 Å². The highest BCUT2D eigenvalue weighted by molar-refractivity contribution is 5.35. The van der Waals surface area contributed by atoms with Crippen molar-refractivity contribution in [3.8, 4) is 5.75 Å². The number of hydrogen-bond donors (Lipinski definition) is 1. The molecule has 0 aliphatic carbocycles. The maximum absolute atomic E-state index is 6.15. The van der Waals surface area contributed by atoms with Crippen LogP contribution in [0.1, 0.15) is 31.9 Å². The van der Waals surface area contributed by atoms with Crippen LogP contribution in [-0.4, -0.2) is 7.11 Å². The van der Waals surface area contributed by atoms with Gasteiger partial charge in [-0.05, 0) is 12.0 Å². The molecule has 1 unspecified atom stereocenters. The zero-order valence-corrected chi connectivity index (χ0v) is 9.16. The summed E-state index contributed by atoms with van der Waals surface area (Å²) in [6, 6.07) is 8.02. The molecular weight excluding hydrogens is 174 g/mol. The summed E-state index contributed by atoms with van der Waals surface area (Å²) >= 11 is 0. The second-order valence-corrected chi connectivity index (χ2v) is 3.65. The highest BCUT2D eigenvalue weighted by atomic mass is 16.5. The first-order valence-electron chi connectivity index (χ1n) is 5.09. The quantitative estimate of drug-likeness (QED) is 0.798. The summed E-state index contributed by atoms with van der Waals surface area (Å²) in [6.45, 7) is 4.32. The van der Waals surface area contributed by atoms with E-state index in [2.05, 4.69) is 13.8 Å². The maximum atomic E-state index is 6.15. The van der Waals surface area contributed by atoms with Gasteiger partial charge in [0.2, 0.25) is 0 Å². The summed E-state index contributed by atoms with van der Waals surface area (Å²) in [6.07, 6.45) is 1.08. The van der Waals surface area contributed by atoms with Crippen LogP contribution >= 0.6 is 0 Å². The topological polar surface area (TPSA) is 35.2 Å². The van der Waals surface area contributed by atoms with E-state index in [1.54, 1.807) is 7.11 Å². The molecule has 0 saturated heterocycles. The molecule has 1 aromatic rings. The van der Waals surface area contributed by atoms with Crippen LogP contribution in [0.4, 0.5) is 0 Å². The molecule has 2 heteroatoms. The van der Waals surface area contributed by atoms with E-state index in [4.69, 9.17) is 10.5 Å². The highest BCUT2D eigenvalue weighted by Crippen LogP contribution is 2.29. The first-order chi connectivity index (χ1) is 6.70. The van der Waals surface area contributed by atoms with Gasteiger partial charge in [-0.25, -0.2) is 0 Å². The van der Waals surface area contributed by atoms with E-state index in [1.165, 1.54) is 0 Å². The average Bonchev–Trinajstić information content (AvgIpc) is 2.26. The van der Waals surface area contributed by atoms with Gasteiger partial charge in [-0.2, -0.15) is 0 Å². The third-order valence-electron chi connectivity index (χ3n) is 2.76. The molecule has 0 aliphatic rings. The highest BCUT2D eigenvalue weighted by Gasteiger charge is 2.16. The molecule has 14 heavy (non-hydrogen) atoms. The van der Waals surface area contributed by atoms with Gasteiger partial charge < -0.3 is 10.5 Å². The predicted molar refractivity (Wildman–Crippen MR) is 59.4 cm³/mol. The molecule has 2 nitrogen and oxygen atoms in total. The zero-order chi connectivity index (χ0) is 10.6. The molecule has 0 radical (unpaired) electrons. The lowest BCUT2D eigenvalue weighted by molar-refractivity contribution is 0.388. The van der Waals surface area contributed by atoms with Crippen molar-refractivity contribution in [1.29, 1.82) is 0 Å². The summed E-state index contributed by atoms with van der Waals surface area (Å²) < 4.78 is 5.28. The molecule has 1 aromatic carbocycles. The summed E-state index contributed by atoms with van der Waals surface area (Å²) in [5.41, 5.74) is 7.25. The van der Waals surface area contributed by atoms with Crippen LogP contribution in [0.2, 0.25) is 0 Å². The fourth-order valence-corrected chi connectivity index (χ4v) is 1.50. The normalized spacial score (nSPS) is 14.9. The lowest BCUT2D eigenvalue weighted by atomic mass is 9.93. The average molecular weight is 193 g/mol. The van der Waals surface area contributed by atoms with E-state index in [1.807, 2.05) is 24.3 Å². The van der Waals surface area contributed by atoms with Crippen molar-refractivity contribution in [1.82, 2.24) is 0 Å². The van der Waals surface area contributed by atoms with E-state index >= 15 is 0 Å². The molecular formula is C12H19NO. The van der Waals surface area contributed by atoms with E-state index in [-0.39, 0.29) is 6.04 Å². The van der Waals surface area contributed by atoms with Crippen LogP contribution in [0.5, 0.6) is 5.75 Å². The SMILES string of the molecule is CCC(C)[C@H](N)c1ccccc1OC. The number of para-hydroxylation sites is 1. The largest absolute Gasteiger partial charge is 0.496 e. The van der Waals surface area contributed by atoms with Gasteiger partial charge in [-0.1, -0.05) is 38.5 Å². The summed E-state index contributed by atoms with van der Waals surface area (Å²) in [5, 5.41) is 0. The summed E-state index contributed by atoms with van der Waals surface area (Å²) in [4.78, 5) is 0. The minimum atomic E-state index is 0.0659. The molecule has 0 fully saturated rings. The smallest absolute Gasteiger partial charge is 0.123 e. The van der Waals surface area contributed by atoms with Crippen molar-refractivity contribution in [2.45, 2.75) is 26.3 Å². The zero-order valence-electron chi connectivity index (χ0n) is 9.16. The fourth-order valence-electron chi connectivity index (χ4n) is 1.50. The number of nitrogens with two attached hydrogens (primary N) is 1. The first kappa shape index (κ1) is 11.1. The first-order valence-corrected chi connectivity index (χ1v) is 5.09. The fraction of sp³-hybridized carbons (Fsp3) is 0.500.